The summed E-state index contributed by atoms with van der Waals surface area (Å²) < 4.78 is 0. The van der Waals surface area contributed by atoms with Crippen molar-refractivity contribution in [3.05, 3.63) is 0 Å². The minimum Gasteiger partial charge on any atom is -0.389 e. The first-order chi connectivity index (χ1) is 7.44. The van der Waals surface area contributed by atoms with Crippen molar-refractivity contribution >= 4 is 5.91 Å². The van der Waals surface area contributed by atoms with E-state index in [2.05, 4.69) is 10.2 Å². The fourth-order valence-electron chi connectivity index (χ4n) is 2.21. The largest absolute Gasteiger partial charge is 0.389 e. The molecule has 0 bridgehead atoms. The molecule has 1 heterocycles. The molecule has 4 nitrogen and oxygen atoms in total. The number of aliphatic hydroxyl groups is 1. The van der Waals surface area contributed by atoms with Crippen LogP contribution in [0.2, 0.25) is 0 Å². The van der Waals surface area contributed by atoms with Crippen LogP contribution in [0.25, 0.3) is 0 Å². The molecule has 2 N–H and O–H groups in total. The van der Waals surface area contributed by atoms with Crippen molar-refractivity contribution in [2.45, 2.75) is 51.7 Å². The normalized spacial score (nSPS) is 23.1. The fourth-order valence-corrected chi connectivity index (χ4v) is 2.21. The number of hydrogen-bond donors (Lipinski definition) is 2. The molecule has 1 aliphatic heterocycles. The predicted molar refractivity (Wildman–Crippen MR) is 64.2 cm³/mol. The zero-order chi connectivity index (χ0) is 12.2. The molecule has 1 saturated heterocycles. The van der Waals surface area contributed by atoms with Crippen molar-refractivity contribution in [3.63, 3.8) is 0 Å². The van der Waals surface area contributed by atoms with Gasteiger partial charge in [-0.15, -0.1) is 0 Å². The van der Waals surface area contributed by atoms with Gasteiger partial charge in [-0.05, 0) is 39.7 Å². The number of carbonyl (C=O) groups is 1. The number of rotatable bonds is 4. The third kappa shape index (κ3) is 4.10. The molecular weight excluding hydrogens is 204 g/mol. The van der Waals surface area contributed by atoms with E-state index in [9.17, 15) is 9.90 Å². The van der Waals surface area contributed by atoms with Gasteiger partial charge in [-0.1, -0.05) is 6.92 Å². The highest BCUT2D eigenvalue weighted by Crippen LogP contribution is 2.15. The first-order valence-corrected chi connectivity index (χ1v) is 6.18. The summed E-state index contributed by atoms with van der Waals surface area (Å²) >= 11 is 0. The summed E-state index contributed by atoms with van der Waals surface area (Å²) in [5.41, 5.74) is -0.747. The molecule has 4 heteroatoms. The Morgan fingerprint density at radius 3 is 2.75 bits per heavy atom. The Bertz CT molecular complexity index is 236. The molecule has 0 saturated carbocycles. The number of hydrogen-bond acceptors (Lipinski definition) is 3. The van der Waals surface area contributed by atoms with Crippen molar-refractivity contribution in [1.29, 1.82) is 0 Å². The third-order valence-electron chi connectivity index (χ3n) is 2.94. The smallest absolute Gasteiger partial charge is 0.237 e. The Labute approximate surface area is 98.0 Å². The topological polar surface area (TPSA) is 52.6 Å². The number of likely N-dealkylation sites (N-methyl/N-ethyl adjacent to an activating group) is 1. The van der Waals surface area contributed by atoms with Gasteiger partial charge in [-0.2, -0.15) is 0 Å². The lowest BCUT2D eigenvalue weighted by atomic mass is 10.0. The molecule has 1 atom stereocenters. The Balaban J connectivity index is 2.65. The van der Waals surface area contributed by atoms with Gasteiger partial charge in [0.15, 0.2) is 0 Å². The van der Waals surface area contributed by atoms with Crippen LogP contribution in [-0.2, 0) is 4.79 Å². The highest BCUT2D eigenvalue weighted by atomic mass is 16.3. The zero-order valence-corrected chi connectivity index (χ0v) is 10.6. The van der Waals surface area contributed by atoms with E-state index in [0.29, 0.717) is 6.54 Å². The standard InChI is InChI=1S/C12H24N2O2/c1-4-14(9-12(2,3)16)10-7-5-6-8-13-11(10)15/h10,16H,4-9H2,1-3H3,(H,13,15). The lowest BCUT2D eigenvalue weighted by Crippen LogP contribution is -2.50. The lowest BCUT2D eigenvalue weighted by molar-refractivity contribution is -0.127. The van der Waals surface area contributed by atoms with Crippen LogP contribution in [0.5, 0.6) is 0 Å². The van der Waals surface area contributed by atoms with Gasteiger partial charge in [-0.25, -0.2) is 0 Å². The first-order valence-electron chi connectivity index (χ1n) is 6.18. The number of amides is 1. The van der Waals surface area contributed by atoms with Gasteiger partial charge in [0, 0.05) is 13.1 Å². The molecule has 0 aromatic heterocycles. The number of nitrogens with zero attached hydrogens (tertiary/aromatic N) is 1. The molecule has 1 unspecified atom stereocenters. The molecule has 1 aliphatic rings. The third-order valence-corrected chi connectivity index (χ3v) is 2.94. The number of nitrogens with one attached hydrogen (secondary N) is 1. The van der Waals surface area contributed by atoms with E-state index < -0.39 is 5.60 Å². The van der Waals surface area contributed by atoms with Crippen LogP contribution in [0, 0.1) is 0 Å². The SMILES string of the molecule is CCN(CC(C)(C)O)C1CCCCNC1=O. The Hall–Kier alpha value is -0.610. The second kappa shape index (κ2) is 5.64. The van der Waals surface area contributed by atoms with Gasteiger partial charge >= 0.3 is 0 Å². The summed E-state index contributed by atoms with van der Waals surface area (Å²) in [6.07, 6.45) is 3.03. The fraction of sp³-hybridized carbons (Fsp3) is 0.917. The van der Waals surface area contributed by atoms with Crippen molar-refractivity contribution in [2.24, 2.45) is 0 Å². The molecule has 94 valence electrons. The van der Waals surface area contributed by atoms with E-state index in [4.69, 9.17) is 0 Å². The van der Waals surface area contributed by atoms with E-state index >= 15 is 0 Å². The maximum absolute atomic E-state index is 11.9. The van der Waals surface area contributed by atoms with Gasteiger partial charge in [0.05, 0.1) is 11.6 Å². The highest BCUT2D eigenvalue weighted by molar-refractivity contribution is 5.81. The number of carbonyl (C=O) groups excluding carboxylic acids is 1. The van der Waals surface area contributed by atoms with Gasteiger partial charge in [-0.3, -0.25) is 9.69 Å². The summed E-state index contributed by atoms with van der Waals surface area (Å²) in [5.74, 6) is 0.114. The Morgan fingerprint density at radius 2 is 2.19 bits per heavy atom. The molecule has 0 aromatic rings. The maximum atomic E-state index is 11.9. The van der Waals surface area contributed by atoms with Crippen LogP contribution in [-0.4, -0.2) is 47.2 Å². The van der Waals surface area contributed by atoms with Crippen molar-refractivity contribution in [1.82, 2.24) is 10.2 Å². The van der Waals surface area contributed by atoms with Gasteiger partial charge in [0.2, 0.25) is 5.91 Å². The first kappa shape index (κ1) is 13.5. The summed E-state index contributed by atoms with van der Waals surface area (Å²) in [4.78, 5) is 13.9. The molecule has 0 spiro atoms. The molecule has 1 amide bonds. The van der Waals surface area contributed by atoms with E-state index in [1.165, 1.54) is 0 Å². The quantitative estimate of drug-likeness (QED) is 0.746. The van der Waals surface area contributed by atoms with Crippen LogP contribution < -0.4 is 5.32 Å². The summed E-state index contributed by atoms with van der Waals surface area (Å²) in [6, 6.07) is -0.0704. The van der Waals surface area contributed by atoms with Crippen molar-refractivity contribution in [3.8, 4) is 0 Å². The van der Waals surface area contributed by atoms with E-state index in [1.807, 2.05) is 6.92 Å². The average Bonchev–Trinajstić information content (AvgIpc) is 2.38. The molecule has 0 aromatic carbocycles. The van der Waals surface area contributed by atoms with Crippen LogP contribution in [0.3, 0.4) is 0 Å². The Morgan fingerprint density at radius 1 is 1.50 bits per heavy atom. The molecular formula is C12H24N2O2. The van der Waals surface area contributed by atoms with E-state index in [1.54, 1.807) is 13.8 Å². The second-order valence-electron chi connectivity index (χ2n) is 5.18. The molecule has 16 heavy (non-hydrogen) atoms. The average molecular weight is 228 g/mol. The van der Waals surface area contributed by atoms with E-state index in [-0.39, 0.29) is 11.9 Å². The van der Waals surface area contributed by atoms with Crippen LogP contribution >= 0.6 is 0 Å². The summed E-state index contributed by atoms with van der Waals surface area (Å²) in [6.45, 7) is 7.72. The van der Waals surface area contributed by atoms with Crippen LogP contribution in [0.1, 0.15) is 40.0 Å². The molecule has 0 aliphatic carbocycles. The van der Waals surface area contributed by atoms with Gasteiger partial charge in [0.25, 0.3) is 0 Å². The monoisotopic (exact) mass is 228 g/mol. The maximum Gasteiger partial charge on any atom is 0.237 e. The van der Waals surface area contributed by atoms with Gasteiger partial charge in [0.1, 0.15) is 0 Å². The highest BCUT2D eigenvalue weighted by Gasteiger charge is 2.29. The summed E-state index contributed by atoms with van der Waals surface area (Å²) in [5, 5.41) is 12.8. The molecule has 1 rings (SSSR count). The minimum atomic E-state index is -0.747. The minimum absolute atomic E-state index is 0.0704. The lowest BCUT2D eigenvalue weighted by Gasteiger charge is -2.33. The van der Waals surface area contributed by atoms with E-state index in [0.717, 1.165) is 32.4 Å². The Kier molecular flexibility index (Phi) is 4.74. The predicted octanol–water partition coefficient (Wildman–Crippen LogP) is 0.748. The molecule has 0 radical (unpaired) electrons. The van der Waals surface area contributed by atoms with Crippen molar-refractivity contribution < 1.29 is 9.90 Å². The van der Waals surface area contributed by atoms with Crippen LogP contribution in [0.15, 0.2) is 0 Å². The van der Waals surface area contributed by atoms with Crippen LogP contribution in [0.4, 0.5) is 0 Å². The van der Waals surface area contributed by atoms with Gasteiger partial charge < -0.3 is 10.4 Å². The zero-order valence-electron chi connectivity index (χ0n) is 10.6. The summed E-state index contributed by atoms with van der Waals surface area (Å²) in [7, 11) is 0. The van der Waals surface area contributed by atoms with Crippen molar-refractivity contribution in [2.75, 3.05) is 19.6 Å². The second-order valence-corrected chi connectivity index (χ2v) is 5.18. The molecule has 1 fully saturated rings.